The molecule has 1 saturated carbocycles. The Morgan fingerprint density at radius 2 is 1.67 bits per heavy atom. The molecule has 2 unspecified atom stereocenters. The molecule has 2 rings (SSSR count). The lowest BCUT2D eigenvalue weighted by molar-refractivity contribution is -0.150. The zero-order valence-electron chi connectivity index (χ0n) is 8.86. The summed E-state index contributed by atoms with van der Waals surface area (Å²) in [4.78, 5) is 36.0. The minimum atomic E-state index is -0.348. The molecule has 0 aromatic carbocycles. The van der Waals surface area contributed by atoms with Gasteiger partial charge in [0.1, 0.15) is 0 Å². The van der Waals surface area contributed by atoms with E-state index in [0.29, 0.717) is 0 Å². The maximum absolute atomic E-state index is 11.8. The van der Waals surface area contributed by atoms with Gasteiger partial charge in [0.15, 0.2) is 0 Å². The first-order valence-corrected chi connectivity index (χ1v) is 5.57. The number of hydrogen-bond acceptors (Lipinski definition) is 3. The van der Waals surface area contributed by atoms with E-state index in [1.807, 2.05) is 0 Å². The van der Waals surface area contributed by atoms with Gasteiger partial charge in [0.05, 0.1) is 11.8 Å². The number of rotatable bonds is 1. The largest absolute Gasteiger partial charge is 0.274 e. The summed E-state index contributed by atoms with van der Waals surface area (Å²) >= 11 is 0. The van der Waals surface area contributed by atoms with Gasteiger partial charge in [-0.25, -0.2) is 4.90 Å². The van der Waals surface area contributed by atoms with Crippen LogP contribution < -0.4 is 0 Å². The molecule has 15 heavy (non-hydrogen) atoms. The Balaban J connectivity index is 2.25. The lowest BCUT2D eigenvalue weighted by atomic mass is 9.81. The summed E-state index contributed by atoms with van der Waals surface area (Å²) in [7, 11) is 0. The van der Waals surface area contributed by atoms with Crippen molar-refractivity contribution in [3.8, 4) is 0 Å². The van der Waals surface area contributed by atoms with Crippen LogP contribution in [-0.2, 0) is 14.4 Å². The fourth-order valence-corrected chi connectivity index (χ4v) is 2.57. The number of amides is 3. The molecule has 2 aliphatic rings. The summed E-state index contributed by atoms with van der Waals surface area (Å²) in [6.07, 6.45) is 3.74. The van der Waals surface area contributed by atoms with Gasteiger partial charge in [-0.1, -0.05) is 19.8 Å². The van der Waals surface area contributed by atoms with Crippen LogP contribution in [0.1, 0.15) is 39.0 Å². The lowest BCUT2D eigenvalue weighted by Gasteiger charge is -2.19. The molecule has 1 aliphatic heterocycles. The monoisotopic (exact) mass is 209 g/mol. The van der Waals surface area contributed by atoms with Crippen molar-refractivity contribution >= 4 is 17.7 Å². The predicted molar refractivity (Wildman–Crippen MR) is 52.6 cm³/mol. The maximum Gasteiger partial charge on any atom is 0.239 e. The van der Waals surface area contributed by atoms with Gasteiger partial charge in [-0.3, -0.25) is 14.4 Å². The number of hydrogen-bond donors (Lipinski definition) is 0. The van der Waals surface area contributed by atoms with E-state index in [-0.39, 0.29) is 36.0 Å². The third kappa shape index (κ3) is 1.48. The van der Waals surface area contributed by atoms with Gasteiger partial charge in [-0.05, 0) is 12.8 Å². The molecule has 4 heteroatoms. The second kappa shape index (κ2) is 3.76. The number of nitrogens with zero attached hydrogens (tertiary/aromatic N) is 1. The minimum absolute atomic E-state index is 0.207. The Bertz CT molecular complexity index is 300. The van der Waals surface area contributed by atoms with Crippen LogP contribution in [0.3, 0.4) is 0 Å². The minimum Gasteiger partial charge on any atom is -0.274 e. The number of likely N-dealkylation sites (tertiary alicyclic amines) is 1. The maximum atomic E-state index is 11.8. The van der Waals surface area contributed by atoms with Crippen LogP contribution in [0.25, 0.3) is 0 Å². The van der Waals surface area contributed by atoms with Crippen molar-refractivity contribution in [3.63, 3.8) is 0 Å². The summed E-state index contributed by atoms with van der Waals surface area (Å²) in [5.74, 6) is -1.27. The van der Waals surface area contributed by atoms with E-state index in [1.54, 1.807) is 6.92 Å². The van der Waals surface area contributed by atoms with Gasteiger partial charge in [0, 0.05) is 6.42 Å². The molecular weight excluding hydrogens is 194 g/mol. The molecule has 4 nitrogen and oxygen atoms in total. The van der Waals surface area contributed by atoms with Gasteiger partial charge in [-0.15, -0.1) is 0 Å². The van der Waals surface area contributed by atoms with E-state index in [1.165, 1.54) is 0 Å². The fraction of sp³-hybridized carbons (Fsp3) is 0.727. The van der Waals surface area contributed by atoms with Crippen molar-refractivity contribution < 1.29 is 14.4 Å². The van der Waals surface area contributed by atoms with Crippen molar-refractivity contribution in [2.45, 2.75) is 39.0 Å². The van der Waals surface area contributed by atoms with Crippen molar-refractivity contribution in [2.24, 2.45) is 11.8 Å². The molecule has 3 amide bonds. The van der Waals surface area contributed by atoms with E-state index in [2.05, 4.69) is 0 Å². The molecular formula is C11H15NO3. The first-order chi connectivity index (χ1) is 7.16. The van der Waals surface area contributed by atoms with Crippen molar-refractivity contribution in [1.82, 2.24) is 4.90 Å². The van der Waals surface area contributed by atoms with E-state index in [4.69, 9.17) is 0 Å². The normalized spacial score (nSPS) is 30.6. The molecule has 0 aromatic heterocycles. The highest BCUT2D eigenvalue weighted by atomic mass is 16.2. The Hall–Kier alpha value is -1.19. The molecule has 0 radical (unpaired) electrons. The van der Waals surface area contributed by atoms with Crippen LogP contribution >= 0.6 is 0 Å². The van der Waals surface area contributed by atoms with Crippen LogP contribution in [-0.4, -0.2) is 22.6 Å². The van der Waals surface area contributed by atoms with Crippen LogP contribution in [0, 0.1) is 11.8 Å². The lowest BCUT2D eigenvalue weighted by Crippen LogP contribution is -2.36. The summed E-state index contributed by atoms with van der Waals surface area (Å²) in [6.45, 7) is 1.67. The molecule has 82 valence electrons. The van der Waals surface area contributed by atoms with Crippen molar-refractivity contribution in [2.75, 3.05) is 0 Å². The molecule has 1 aliphatic carbocycles. The second-order valence-electron chi connectivity index (χ2n) is 4.26. The topological polar surface area (TPSA) is 54.5 Å². The Morgan fingerprint density at radius 3 is 2.07 bits per heavy atom. The standard InChI is InChI=1S/C11H15NO3/c1-2-9(13)12-10(14)7-5-3-4-6-8(7)11(12)15/h7-8H,2-6H2,1H3. The van der Waals surface area contributed by atoms with Gasteiger partial charge < -0.3 is 0 Å². The number of carbonyl (C=O) groups is 3. The Morgan fingerprint density at radius 1 is 1.20 bits per heavy atom. The van der Waals surface area contributed by atoms with E-state index in [9.17, 15) is 14.4 Å². The first kappa shape index (κ1) is 10.3. The average molecular weight is 209 g/mol. The Labute approximate surface area is 88.6 Å². The Kier molecular flexibility index (Phi) is 2.59. The second-order valence-corrected chi connectivity index (χ2v) is 4.26. The third-order valence-electron chi connectivity index (χ3n) is 3.39. The van der Waals surface area contributed by atoms with E-state index < -0.39 is 0 Å². The number of imide groups is 3. The molecule has 2 fully saturated rings. The third-order valence-corrected chi connectivity index (χ3v) is 3.39. The van der Waals surface area contributed by atoms with Crippen LogP contribution in [0.4, 0.5) is 0 Å². The quantitative estimate of drug-likeness (QED) is 0.607. The molecule has 1 saturated heterocycles. The summed E-state index contributed by atoms with van der Waals surface area (Å²) in [5.41, 5.74) is 0. The SMILES string of the molecule is CCC(=O)N1C(=O)C2CCCCC2C1=O. The summed E-state index contributed by atoms with van der Waals surface area (Å²) in [6, 6.07) is 0. The summed E-state index contributed by atoms with van der Waals surface area (Å²) in [5, 5.41) is 0. The van der Waals surface area contributed by atoms with E-state index >= 15 is 0 Å². The molecule has 2 atom stereocenters. The molecule has 1 heterocycles. The molecule has 0 aromatic rings. The number of fused-ring (bicyclic) bond motifs is 1. The first-order valence-electron chi connectivity index (χ1n) is 5.57. The predicted octanol–water partition coefficient (Wildman–Crippen LogP) is 1.10. The van der Waals surface area contributed by atoms with Gasteiger partial charge >= 0.3 is 0 Å². The van der Waals surface area contributed by atoms with Crippen LogP contribution in [0.5, 0.6) is 0 Å². The van der Waals surface area contributed by atoms with Gasteiger partial charge in [-0.2, -0.15) is 0 Å². The number of carbonyl (C=O) groups excluding carboxylic acids is 3. The van der Waals surface area contributed by atoms with Gasteiger partial charge in [0.25, 0.3) is 0 Å². The molecule has 0 spiro atoms. The van der Waals surface area contributed by atoms with Gasteiger partial charge in [0.2, 0.25) is 17.7 Å². The van der Waals surface area contributed by atoms with Crippen molar-refractivity contribution in [3.05, 3.63) is 0 Å². The van der Waals surface area contributed by atoms with E-state index in [0.717, 1.165) is 30.6 Å². The molecule has 0 N–H and O–H groups in total. The van der Waals surface area contributed by atoms with Crippen LogP contribution in [0.2, 0.25) is 0 Å². The zero-order valence-corrected chi connectivity index (χ0v) is 8.86. The smallest absolute Gasteiger partial charge is 0.239 e. The summed E-state index contributed by atoms with van der Waals surface area (Å²) < 4.78 is 0. The molecule has 0 bridgehead atoms. The zero-order chi connectivity index (χ0) is 11.0. The fourth-order valence-electron chi connectivity index (χ4n) is 2.57. The highest BCUT2D eigenvalue weighted by molar-refractivity contribution is 6.17. The van der Waals surface area contributed by atoms with Crippen LogP contribution in [0.15, 0.2) is 0 Å². The highest BCUT2D eigenvalue weighted by Gasteiger charge is 2.50. The highest BCUT2D eigenvalue weighted by Crippen LogP contribution is 2.38. The van der Waals surface area contributed by atoms with Crippen molar-refractivity contribution in [1.29, 1.82) is 0 Å². The average Bonchev–Trinajstić information content (AvgIpc) is 2.52.